The molecule has 0 rings (SSSR count). The molecule has 0 spiro atoms. The Labute approximate surface area is 50.2 Å². The molecule has 0 amide bonds. The Morgan fingerprint density at radius 2 is 2.38 bits per heavy atom. The fraction of sp³-hybridized carbons (Fsp3) is 0.286. The molecule has 0 saturated heterocycles. The molecular formula is C7H11N. The van der Waals surface area contributed by atoms with Crippen LogP contribution in [0.1, 0.15) is 13.3 Å². The van der Waals surface area contributed by atoms with Crippen molar-refractivity contribution < 1.29 is 0 Å². The molecule has 0 saturated carbocycles. The van der Waals surface area contributed by atoms with Gasteiger partial charge in [-0.2, -0.15) is 0 Å². The molecule has 1 N–H and O–H groups in total. The Morgan fingerprint density at radius 3 is 2.50 bits per heavy atom. The average Bonchev–Trinajstić information content (AvgIpc) is 1.83. The zero-order valence-electron chi connectivity index (χ0n) is 5.15. The second-order valence-corrected chi connectivity index (χ2v) is 1.46. The average molecular weight is 109 g/mol. The smallest absolute Gasteiger partial charge is 0.0246 e. The third-order valence-electron chi connectivity index (χ3n) is 0.842. The van der Waals surface area contributed by atoms with Gasteiger partial charge in [0.2, 0.25) is 0 Å². The number of hydrogen-bond acceptors (Lipinski definition) is 1. The maximum absolute atomic E-state index is 6.80. The Hall–Kier alpha value is -0.850. The normalized spacial score (nSPS) is 10.9. The van der Waals surface area contributed by atoms with Crippen LogP contribution in [0.25, 0.3) is 0 Å². The van der Waals surface area contributed by atoms with Gasteiger partial charge in [0, 0.05) is 6.21 Å². The van der Waals surface area contributed by atoms with Crippen LogP contribution in [0, 0.1) is 5.41 Å². The summed E-state index contributed by atoms with van der Waals surface area (Å²) in [5.74, 6) is 0. The van der Waals surface area contributed by atoms with Gasteiger partial charge in [-0.25, -0.2) is 0 Å². The third kappa shape index (κ3) is 2.35. The van der Waals surface area contributed by atoms with Gasteiger partial charge in [0.05, 0.1) is 0 Å². The number of hydrogen-bond donors (Lipinski definition) is 1. The first-order valence-corrected chi connectivity index (χ1v) is 2.68. The van der Waals surface area contributed by atoms with E-state index in [1.807, 2.05) is 13.0 Å². The first-order valence-electron chi connectivity index (χ1n) is 2.68. The molecule has 0 aromatic carbocycles. The number of nitrogens with one attached hydrogen (secondary N) is 1. The maximum atomic E-state index is 6.80. The summed E-state index contributed by atoms with van der Waals surface area (Å²) in [6.45, 7) is 5.57. The molecule has 0 fully saturated rings. The van der Waals surface area contributed by atoms with Crippen molar-refractivity contribution in [2.45, 2.75) is 13.3 Å². The predicted molar refractivity (Wildman–Crippen MR) is 37.4 cm³/mol. The fourth-order valence-corrected chi connectivity index (χ4v) is 0.437. The van der Waals surface area contributed by atoms with Gasteiger partial charge >= 0.3 is 0 Å². The zero-order valence-corrected chi connectivity index (χ0v) is 5.15. The van der Waals surface area contributed by atoms with Crippen molar-refractivity contribution in [3.05, 3.63) is 24.3 Å². The van der Waals surface area contributed by atoms with E-state index < -0.39 is 0 Å². The SMILES string of the molecule is C=C/C(C=N)=C\CC. The van der Waals surface area contributed by atoms with E-state index in [1.165, 1.54) is 6.21 Å². The van der Waals surface area contributed by atoms with Crippen molar-refractivity contribution in [1.29, 1.82) is 5.41 Å². The Bertz CT molecular complexity index is 102. The van der Waals surface area contributed by atoms with Crippen molar-refractivity contribution in [2.24, 2.45) is 0 Å². The molecule has 0 aromatic heterocycles. The molecule has 1 heteroatoms. The Balaban J connectivity index is 3.85. The highest BCUT2D eigenvalue weighted by atomic mass is 14.3. The molecule has 0 unspecified atom stereocenters. The highest BCUT2D eigenvalue weighted by Gasteiger charge is 1.77. The lowest BCUT2D eigenvalue weighted by molar-refractivity contribution is 1.22. The molecule has 8 heavy (non-hydrogen) atoms. The van der Waals surface area contributed by atoms with E-state index in [0.29, 0.717) is 0 Å². The van der Waals surface area contributed by atoms with Crippen LogP contribution in [0.5, 0.6) is 0 Å². The molecule has 44 valence electrons. The summed E-state index contributed by atoms with van der Waals surface area (Å²) in [6.07, 6.45) is 5.91. The van der Waals surface area contributed by atoms with Gasteiger partial charge in [-0.15, -0.1) is 0 Å². The van der Waals surface area contributed by atoms with Crippen molar-refractivity contribution in [1.82, 2.24) is 0 Å². The first-order chi connectivity index (χ1) is 3.85. The number of allylic oxidation sites excluding steroid dienone is 3. The molecule has 0 aliphatic carbocycles. The van der Waals surface area contributed by atoms with Crippen LogP contribution in [-0.4, -0.2) is 6.21 Å². The quantitative estimate of drug-likeness (QED) is 0.424. The van der Waals surface area contributed by atoms with E-state index in [-0.39, 0.29) is 0 Å². The van der Waals surface area contributed by atoms with Crippen LogP contribution in [0.4, 0.5) is 0 Å². The summed E-state index contributed by atoms with van der Waals surface area (Å²) >= 11 is 0. The lowest BCUT2D eigenvalue weighted by atomic mass is 10.2. The van der Waals surface area contributed by atoms with Crippen molar-refractivity contribution >= 4 is 6.21 Å². The summed E-state index contributed by atoms with van der Waals surface area (Å²) in [4.78, 5) is 0. The van der Waals surface area contributed by atoms with Crippen LogP contribution in [0.3, 0.4) is 0 Å². The molecule has 0 bridgehead atoms. The molecule has 0 aromatic rings. The maximum Gasteiger partial charge on any atom is 0.0246 e. The topological polar surface area (TPSA) is 23.9 Å². The molecule has 1 nitrogen and oxygen atoms in total. The minimum absolute atomic E-state index is 0.896. The first kappa shape index (κ1) is 7.15. The Kier molecular flexibility index (Phi) is 3.85. The summed E-state index contributed by atoms with van der Waals surface area (Å²) in [5.41, 5.74) is 0.896. The fourth-order valence-electron chi connectivity index (χ4n) is 0.437. The van der Waals surface area contributed by atoms with Gasteiger partial charge in [-0.1, -0.05) is 25.7 Å². The molecule has 0 heterocycles. The van der Waals surface area contributed by atoms with E-state index in [4.69, 9.17) is 5.41 Å². The summed E-state index contributed by atoms with van der Waals surface area (Å²) < 4.78 is 0. The van der Waals surface area contributed by atoms with Gasteiger partial charge in [0.25, 0.3) is 0 Å². The van der Waals surface area contributed by atoms with E-state index in [1.54, 1.807) is 6.08 Å². The van der Waals surface area contributed by atoms with Crippen LogP contribution < -0.4 is 0 Å². The van der Waals surface area contributed by atoms with Crippen LogP contribution >= 0.6 is 0 Å². The summed E-state index contributed by atoms with van der Waals surface area (Å²) in [5, 5.41) is 6.80. The van der Waals surface area contributed by atoms with Gasteiger partial charge in [0.1, 0.15) is 0 Å². The van der Waals surface area contributed by atoms with Gasteiger partial charge in [-0.3, -0.25) is 0 Å². The van der Waals surface area contributed by atoms with Crippen molar-refractivity contribution in [3.63, 3.8) is 0 Å². The summed E-state index contributed by atoms with van der Waals surface area (Å²) in [6, 6.07) is 0. The lowest BCUT2D eigenvalue weighted by Gasteiger charge is -1.84. The zero-order chi connectivity index (χ0) is 6.41. The van der Waals surface area contributed by atoms with Crippen molar-refractivity contribution in [3.8, 4) is 0 Å². The third-order valence-corrected chi connectivity index (χ3v) is 0.842. The van der Waals surface area contributed by atoms with Gasteiger partial charge in [0.15, 0.2) is 0 Å². The van der Waals surface area contributed by atoms with E-state index >= 15 is 0 Å². The monoisotopic (exact) mass is 109 g/mol. The van der Waals surface area contributed by atoms with Gasteiger partial charge in [-0.05, 0) is 12.0 Å². The minimum atomic E-state index is 0.896. The molecule has 0 radical (unpaired) electrons. The largest absolute Gasteiger partial charge is 0.308 e. The second-order valence-electron chi connectivity index (χ2n) is 1.46. The highest BCUT2D eigenvalue weighted by molar-refractivity contribution is 5.79. The summed E-state index contributed by atoms with van der Waals surface area (Å²) in [7, 11) is 0. The molecule has 0 aliphatic rings. The number of rotatable bonds is 3. The minimum Gasteiger partial charge on any atom is -0.308 e. The highest BCUT2D eigenvalue weighted by Crippen LogP contribution is 1.91. The van der Waals surface area contributed by atoms with E-state index in [0.717, 1.165) is 12.0 Å². The van der Waals surface area contributed by atoms with E-state index in [2.05, 4.69) is 6.58 Å². The standard InChI is InChI=1S/C7H11N/c1-3-5-7(4-2)6-8/h4-6,8H,2-3H2,1H3/b7-5+,8-6?. The van der Waals surface area contributed by atoms with Crippen LogP contribution in [0.15, 0.2) is 24.3 Å². The molecule has 0 aliphatic heterocycles. The van der Waals surface area contributed by atoms with Crippen molar-refractivity contribution in [2.75, 3.05) is 0 Å². The second kappa shape index (κ2) is 4.31. The molecular weight excluding hydrogens is 98.1 g/mol. The molecule has 0 atom stereocenters. The predicted octanol–water partition coefficient (Wildman–Crippen LogP) is 2.16. The lowest BCUT2D eigenvalue weighted by Crippen LogP contribution is -1.74. The van der Waals surface area contributed by atoms with Gasteiger partial charge < -0.3 is 5.41 Å². The van der Waals surface area contributed by atoms with Crippen LogP contribution in [-0.2, 0) is 0 Å². The van der Waals surface area contributed by atoms with Crippen LogP contribution in [0.2, 0.25) is 0 Å². The Morgan fingerprint density at radius 1 is 1.75 bits per heavy atom. The van der Waals surface area contributed by atoms with E-state index in [9.17, 15) is 0 Å².